The summed E-state index contributed by atoms with van der Waals surface area (Å²) in [5, 5.41) is 3.01. The number of carbonyl (C=O) groups excluding carboxylic acids is 1. The van der Waals surface area contributed by atoms with E-state index in [0.717, 1.165) is 23.3 Å². The van der Waals surface area contributed by atoms with E-state index in [-0.39, 0.29) is 17.3 Å². The number of rotatable bonds is 6. The lowest BCUT2D eigenvalue weighted by molar-refractivity contribution is -0.121. The Morgan fingerprint density at radius 3 is 2.24 bits per heavy atom. The van der Waals surface area contributed by atoms with Crippen LogP contribution in [0.2, 0.25) is 0 Å². The number of halogens is 1. The molecule has 1 atom stereocenters. The number of nitrogens with one attached hydrogen (secondary N) is 1. The lowest BCUT2D eigenvalue weighted by Crippen LogP contribution is -2.40. The third kappa shape index (κ3) is 5.52. The Hall–Kier alpha value is -3.07. The van der Waals surface area contributed by atoms with Crippen molar-refractivity contribution >= 4 is 21.6 Å². The highest BCUT2D eigenvalue weighted by molar-refractivity contribution is 7.89. The van der Waals surface area contributed by atoms with E-state index in [1.54, 1.807) is 0 Å². The number of carbonyl (C=O) groups is 1. The molecule has 0 aromatic heterocycles. The first-order valence-electron chi connectivity index (χ1n) is 11.3. The summed E-state index contributed by atoms with van der Waals surface area (Å²) in [6.07, 6.45) is 0.571. The molecule has 0 unspecified atom stereocenters. The van der Waals surface area contributed by atoms with Crippen LogP contribution in [0.15, 0.2) is 83.8 Å². The molecule has 1 amide bonds. The monoisotopic (exact) mass is 481 g/mol. The van der Waals surface area contributed by atoms with Gasteiger partial charge in [0.25, 0.3) is 0 Å². The smallest absolute Gasteiger partial charge is 0.246 e. The number of anilines is 1. The number of benzene rings is 3. The molecule has 1 aliphatic rings. The third-order valence-electron chi connectivity index (χ3n) is 5.99. The maximum absolute atomic E-state index is 13.4. The van der Waals surface area contributed by atoms with Gasteiger partial charge in [0.1, 0.15) is 11.9 Å². The minimum absolute atomic E-state index is 0.0686. The highest BCUT2D eigenvalue weighted by Crippen LogP contribution is 2.26. The second kappa shape index (κ2) is 10.5. The Morgan fingerprint density at radius 1 is 0.882 bits per heavy atom. The number of nitrogens with zero attached hydrogens (tertiary/aromatic N) is 2. The van der Waals surface area contributed by atoms with Gasteiger partial charge in [0.05, 0.1) is 4.90 Å². The van der Waals surface area contributed by atoms with E-state index in [1.165, 1.54) is 16.4 Å². The van der Waals surface area contributed by atoms with Crippen LogP contribution in [0.4, 0.5) is 10.1 Å². The van der Waals surface area contributed by atoms with Gasteiger partial charge in [0.15, 0.2) is 0 Å². The fourth-order valence-electron chi connectivity index (χ4n) is 4.18. The quantitative estimate of drug-likeness (QED) is 0.573. The van der Waals surface area contributed by atoms with Gasteiger partial charge in [-0.05, 0) is 55.3 Å². The number of hydrogen-bond acceptors (Lipinski definition) is 4. The van der Waals surface area contributed by atoms with Gasteiger partial charge >= 0.3 is 0 Å². The number of hydrogen-bond donors (Lipinski definition) is 1. The summed E-state index contributed by atoms with van der Waals surface area (Å²) in [7, 11) is -3.75. The van der Waals surface area contributed by atoms with Gasteiger partial charge in [0, 0.05) is 31.9 Å². The zero-order chi connectivity index (χ0) is 24.1. The van der Waals surface area contributed by atoms with Crippen molar-refractivity contribution in [1.29, 1.82) is 0 Å². The normalized spacial score (nSPS) is 16.5. The lowest BCUT2D eigenvalue weighted by Gasteiger charge is -2.30. The average Bonchev–Trinajstić information content (AvgIpc) is 3.08. The van der Waals surface area contributed by atoms with E-state index in [9.17, 15) is 17.6 Å². The topological polar surface area (TPSA) is 69.7 Å². The first kappa shape index (κ1) is 24.1. The molecule has 1 aliphatic heterocycles. The van der Waals surface area contributed by atoms with Crippen LogP contribution in [0.25, 0.3) is 0 Å². The van der Waals surface area contributed by atoms with Crippen LogP contribution in [-0.2, 0) is 14.8 Å². The number of sulfonamides is 1. The molecule has 1 saturated heterocycles. The van der Waals surface area contributed by atoms with Crippen LogP contribution in [0, 0.1) is 12.7 Å². The van der Waals surface area contributed by atoms with Gasteiger partial charge in [-0.2, -0.15) is 4.31 Å². The molecule has 1 heterocycles. The highest BCUT2D eigenvalue weighted by atomic mass is 32.2. The first-order valence-corrected chi connectivity index (χ1v) is 12.7. The van der Waals surface area contributed by atoms with E-state index in [2.05, 4.69) is 5.32 Å². The Morgan fingerprint density at radius 2 is 1.56 bits per heavy atom. The molecule has 4 rings (SSSR count). The molecule has 6 nitrogen and oxygen atoms in total. The molecule has 1 N–H and O–H groups in total. The Kier molecular flexibility index (Phi) is 7.41. The zero-order valence-electron chi connectivity index (χ0n) is 19.0. The Labute approximate surface area is 200 Å². The van der Waals surface area contributed by atoms with Crippen molar-refractivity contribution in [3.05, 3.63) is 95.8 Å². The highest BCUT2D eigenvalue weighted by Gasteiger charge is 2.32. The van der Waals surface area contributed by atoms with Crippen LogP contribution in [0.1, 0.15) is 23.6 Å². The van der Waals surface area contributed by atoms with Crippen LogP contribution in [0.5, 0.6) is 0 Å². The van der Waals surface area contributed by atoms with Crippen molar-refractivity contribution in [2.24, 2.45) is 0 Å². The number of aryl methyl sites for hydroxylation is 1. The summed E-state index contributed by atoms with van der Waals surface area (Å²) in [6, 6.07) is 21.5. The van der Waals surface area contributed by atoms with E-state index < -0.39 is 21.9 Å². The molecular weight excluding hydrogens is 453 g/mol. The van der Waals surface area contributed by atoms with Gasteiger partial charge < -0.3 is 5.32 Å². The largest absolute Gasteiger partial charge is 0.324 e. The summed E-state index contributed by atoms with van der Waals surface area (Å²) in [6.45, 7) is 3.51. The summed E-state index contributed by atoms with van der Waals surface area (Å²) < 4.78 is 40.9. The molecule has 1 fully saturated rings. The molecule has 0 aliphatic carbocycles. The first-order chi connectivity index (χ1) is 16.3. The van der Waals surface area contributed by atoms with Gasteiger partial charge in [-0.1, -0.05) is 48.0 Å². The molecule has 0 radical (unpaired) electrons. The maximum atomic E-state index is 13.4. The number of amides is 1. The SMILES string of the molecule is Cc1ccc(NC(=O)[C@@H](c2ccccc2)N2CCCN(S(=O)(=O)c3ccc(F)cc3)CC2)cc1. The predicted octanol–water partition coefficient (Wildman–Crippen LogP) is 4.21. The molecular formula is C26H28FN3O3S. The maximum Gasteiger partial charge on any atom is 0.246 e. The van der Waals surface area contributed by atoms with Crippen molar-refractivity contribution in [1.82, 2.24) is 9.21 Å². The lowest BCUT2D eigenvalue weighted by atomic mass is 10.0. The minimum Gasteiger partial charge on any atom is -0.324 e. The predicted molar refractivity (Wildman–Crippen MR) is 130 cm³/mol. The van der Waals surface area contributed by atoms with Crippen molar-refractivity contribution in [3.8, 4) is 0 Å². The minimum atomic E-state index is -3.75. The van der Waals surface area contributed by atoms with Crippen LogP contribution < -0.4 is 5.32 Å². The fourth-order valence-corrected chi connectivity index (χ4v) is 5.65. The second-order valence-corrected chi connectivity index (χ2v) is 10.4. The molecule has 0 spiro atoms. The summed E-state index contributed by atoms with van der Waals surface area (Å²) in [5.41, 5.74) is 2.67. The van der Waals surface area contributed by atoms with Gasteiger partial charge in [-0.15, -0.1) is 0 Å². The molecule has 0 bridgehead atoms. The Balaban J connectivity index is 1.55. The average molecular weight is 482 g/mol. The summed E-state index contributed by atoms with van der Waals surface area (Å²) in [4.78, 5) is 15.5. The standard InChI is InChI=1S/C26H28FN3O3S/c1-20-8-12-23(13-9-20)28-26(31)25(21-6-3-2-4-7-21)29-16-5-17-30(19-18-29)34(32,33)24-14-10-22(27)11-15-24/h2-4,6-15,25H,5,16-19H2,1H3,(H,28,31)/t25-/m1/s1. The summed E-state index contributed by atoms with van der Waals surface area (Å²) in [5.74, 6) is -0.642. The molecule has 34 heavy (non-hydrogen) atoms. The van der Waals surface area contributed by atoms with Crippen molar-refractivity contribution < 1.29 is 17.6 Å². The van der Waals surface area contributed by atoms with Crippen molar-refractivity contribution in [2.75, 3.05) is 31.5 Å². The van der Waals surface area contributed by atoms with Gasteiger partial charge in [-0.25, -0.2) is 12.8 Å². The van der Waals surface area contributed by atoms with Gasteiger partial charge in [-0.3, -0.25) is 9.69 Å². The molecule has 0 saturated carbocycles. The third-order valence-corrected chi connectivity index (χ3v) is 7.90. The Bertz CT molecular complexity index is 1220. The van der Waals surface area contributed by atoms with Gasteiger partial charge in [0.2, 0.25) is 15.9 Å². The van der Waals surface area contributed by atoms with Crippen LogP contribution in [-0.4, -0.2) is 49.7 Å². The molecule has 3 aromatic rings. The van der Waals surface area contributed by atoms with E-state index in [1.807, 2.05) is 66.4 Å². The molecule has 8 heteroatoms. The molecule has 178 valence electrons. The fraction of sp³-hybridized carbons (Fsp3) is 0.269. The summed E-state index contributed by atoms with van der Waals surface area (Å²) >= 11 is 0. The second-order valence-electron chi connectivity index (χ2n) is 8.42. The van der Waals surface area contributed by atoms with E-state index in [0.29, 0.717) is 31.7 Å². The van der Waals surface area contributed by atoms with Crippen molar-refractivity contribution in [3.63, 3.8) is 0 Å². The van der Waals surface area contributed by atoms with Crippen LogP contribution >= 0.6 is 0 Å². The zero-order valence-corrected chi connectivity index (χ0v) is 19.8. The van der Waals surface area contributed by atoms with Crippen molar-refractivity contribution in [2.45, 2.75) is 24.3 Å². The molecule has 3 aromatic carbocycles. The van der Waals surface area contributed by atoms with E-state index in [4.69, 9.17) is 0 Å². The van der Waals surface area contributed by atoms with Crippen LogP contribution in [0.3, 0.4) is 0 Å². The van der Waals surface area contributed by atoms with E-state index >= 15 is 0 Å².